The van der Waals surface area contributed by atoms with Gasteiger partial charge in [0.1, 0.15) is 10.8 Å². The van der Waals surface area contributed by atoms with Gasteiger partial charge in [0.2, 0.25) is 5.95 Å². The molecule has 2 aliphatic rings. The number of aromatic nitrogens is 4. The molecule has 0 amide bonds. The third-order valence-corrected chi connectivity index (χ3v) is 6.89. The minimum absolute atomic E-state index is 0.144. The topological polar surface area (TPSA) is 75.2 Å². The van der Waals surface area contributed by atoms with E-state index < -0.39 is 0 Å². The maximum atomic E-state index is 6.52. The predicted octanol–water partition coefficient (Wildman–Crippen LogP) is 3.55. The molecule has 0 aromatic carbocycles. The lowest BCUT2D eigenvalue weighted by Gasteiger charge is -2.30. The molecule has 2 fully saturated rings. The van der Waals surface area contributed by atoms with E-state index in [-0.39, 0.29) is 10.8 Å². The lowest BCUT2D eigenvalue weighted by atomic mass is 9.71. The number of furan rings is 1. The molecule has 0 saturated carbocycles. The zero-order valence-corrected chi connectivity index (χ0v) is 18.2. The fraction of sp³-hybridized carbons (Fsp3) is 0.476. The Hall–Kier alpha value is -2.58. The smallest absolute Gasteiger partial charge is 0.229 e. The van der Waals surface area contributed by atoms with Gasteiger partial charge in [0, 0.05) is 50.3 Å². The molecule has 8 nitrogen and oxygen atoms in total. The summed E-state index contributed by atoms with van der Waals surface area (Å²) in [4.78, 5) is 13.9. The number of hydrogen-bond donors (Lipinski definition) is 1. The molecule has 5 heterocycles. The second-order valence-electron chi connectivity index (χ2n) is 9.09. The number of nitrogens with zero attached hydrogens (tertiary/aromatic N) is 6. The Bertz CT molecular complexity index is 1030. The zero-order valence-electron chi connectivity index (χ0n) is 17.5. The summed E-state index contributed by atoms with van der Waals surface area (Å²) in [7, 11) is 1.87. The van der Waals surface area contributed by atoms with E-state index >= 15 is 0 Å². The van der Waals surface area contributed by atoms with E-state index in [1.54, 1.807) is 23.3 Å². The van der Waals surface area contributed by atoms with Gasteiger partial charge < -0.3 is 14.6 Å². The Morgan fingerprint density at radius 2 is 1.93 bits per heavy atom. The van der Waals surface area contributed by atoms with Crippen LogP contribution < -0.4 is 10.2 Å². The van der Waals surface area contributed by atoms with Crippen LogP contribution in [0.1, 0.15) is 19.6 Å². The van der Waals surface area contributed by atoms with Crippen LogP contribution in [0.15, 0.2) is 41.4 Å². The van der Waals surface area contributed by atoms with Crippen LogP contribution in [-0.4, -0.2) is 50.8 Å². The van der Waals surface area contributed by atoms with Gasteiger partial charge in [-0.2, -0.15) is 10.1 Å². The Morgan fingerprint density at radius 1 is 1.17 bits per heavy atom. The van der Waals surface area contributed by atoms with Crippen molar-refractivity contribution < 1.29 is 4.42 Å². The van der Waals surface area contributed by atoms with Gasteiger partial charge in [-0.15, -0.1) is 0 Å². The van der Waals surface area contributed by atoms with E-state index in [0.29, 0.717) is 11.0 Å². The molecular weight excluding hydrogens is 402 g/mol. The fourth-order valence-electron chi connectivity index (χ4n) is 4.94. The molecule has 2 atom stereocenters. The zero-order chi connectivity index (χ0) is 20.9. The van der Waals surface area contributed by atoms with E-state index in [4.69, 9.17) is 21.0 Å². The van der Waals surface area contributed by atoms with Crippen molar-refractivity contribution in [3.63, 3.8) is 0 Å². The molecule has 0 aliphatic carbocycles. The Kier molecular flexibility index (Phi) is 4.52. The number of likely N-dealkylation sites (tertiary alicyclic amines) is 1. The molecule has 158 valence electrons. The highest BCUT2D eigenvalue weighted by atomic mass is 35.5. The molecule has 0 unspecified atom stereocenters. The number of rotatable bonds is 5. The van der Waals surface area contributed by atoms with Gasteiger partial charge in [0.25, 0.3) is 0 Å². The summed E-state index contributed by atoms with van der Waals surface area (Å²) in [5, 5.41) is 7.95. The molecule has 1 N–H and O–H groups in total. The van der Waals surface area contributed by atoms with Crippen LogP contribution in [0.2, 0.25) is 5.02 Å². The van der Waals surface area contributed by atoms with Crippen molar-refractivity contribution in [2.75, 3.05) is 36.4 Å². The normalized spacial score (nSPS) is 26.3. The molecule has 5 rings (SSSR count). The van der Waals surface area contributed by atoms with Crippen molar-refractivity contribution >= 4 is 29.1 Å². The van der Waals surface area contributed by atoms with E-state index in [1.165, 1.54) is 0 Å². The number of anilines is 3. The molecule has 3 aromatic heterocycles. The maximum absolute atomic E-state index is 6.52. The summed E-state index contributed by atoms with van der Waals surface area (Å²) in [6.45, 7) is 9.44. The fourth-order valence-corrected chi connectivity index (χ4v) is 5.15. The minimum atomic E-state index is 0.144. The summed E-state index contributed by atoms with van der Waals surface area (Å²) in [5.41, 5.74) is 1.13. The van der Waals surface area contributed by atoms with Crippen LogP contribution >= 0.6 is 11.6 Å². The molecule has 0 radical (unpaired) electrons. The minimum Gasteiger partial charge on any atom is -0.468 e. The first kappa shape index (κ1) is 19.4. The van der Waals surface area contributed by atoms with Crippen LogP contribution in [0.25, 0.3) is 0 Å². The number of halogens is 1. The molecule has 30 heavy (non-hydrogen) atoms. The summed E-state index contributed by atoms with van der Waals surface area (Å²) >= 11 is 6.52. The van der Waals surface area contributed by atoms with Crippen molar-refractivity contribution in [3.8, 4) is 0 Å². The summed E-state index contributed by atoms with van der Waals surface area (Å²) in [6.07, 6.45) is 7.04. The molecular formula is C21H26ClN7O. The van der Waals surface area contributed by atoms with Gasteiger partial charge in [-0.05, 0) is 12.1 Å². The first-order chi connectivity index (χ1) is 14.3. The number of nitrogens with one attached hydrogen (secondary N) is 1. The average Bonchev–Trinajstić information content (AvgIpc) is 3.41. The van der Waals surface area contributed by atoms with Gasteiger partial charge >= 0.3 is 0 Å². The second-order valence-corrected chi connectivity index (χ2v) is 9.50. The first-order valence-corrected chi connectivity index (χ1v) is 10.5. The van der Waals surface area contributed by atoms with E-state index in [1.807, 2.05) is 25.4 Å². The SMILES string of the molecule is Cn1cc(Nc2ncc(Cl)c(N3C[C@]4(C)CN(Cc5ccco5)C[C@]4(C)C3)n2)cn1. The van der Waals surface area contributed by atoms with Crippen molar-refractivity contribution in [2.24, 2.45) is 17.9 Å². The van der Waals surface area contributed by atoms with Crippen LogP contribution in [0, 0.1) is 10.8 Å². The average molecular weight is 428 g/mol. The molecule has 0 spiro atoms. The van der Waals surface area contributed by atoms with E-state index in [2.05, 4.69) is 39.0 Å². The lowest BCUT2D eigenvalue weighted by molar-refractivity contribution is 0.212. The summed E-state index contributed by atoms with van der Waals surface area (Å²) in [6, 6.07) is 3.99. The lowest BCUT2D eigenvalue weighted by Crippen LogP contribution is -2.34. The summed E-state index contributed by atoms with van der Waals surface area (Å²) < 4.78 is 7.29. The predicted molar refractivity (Wildman–Crippen MR) is 116 cm³/mol. The van der Waals surface area contributed by atoms with Gasteiger partial charge in [-0.1, -0.05) is 25.4 Å². The van der Waals surface area contributed by atoms with Crippen LogP contribution in [-0.2, 0) is 13.6 Å². The van der Waals surface area contributed by atoms with Gasteiger partial charge in [0.15, 0.2) is 5.82 Å². The molecule has 2 aliphatic heterocycles. The highest BCUT2D eigenvalue weighted by Gasteiger charge is 2.57. The van der Waals surface area contributed by atoms with Crippen molar-refractivity contribution in [2.45, 2.75) is 20.4 Å². The molecule has 2 saturated heterocycles. The van der Waals surface area contributed by atoms with Gasteiger partial charge in [-0.25, -0.2) is 4.98 Å². The molecule has 3 aromatic rings. The first-order valence-electron chi connectivity index (χ1n) is 10.1. The second kappa shape index (κ2) is 6.99. The Morgan fingerprint density at radius 3 is 2.57 bits per heavy atom. The maximum Gasteiger partial charge on any atom is 0.229 e. The third-order valence-electron chi connectivity index (χ3n) is 6.63. The number of fused-ring (bicyclic) bond motifs is 1. The van der Waals surface area contributed by atoms with Gasteiger partial charge in [0.05, 0.1) is 30.9 Å². The standard InChI is InChI=1S/C21H26ClN7O/c1-20-11-28(10-16-5-4-6-30-16)12-21(20,2)14-29(13-20)18-17(22)8-23-19(26-18)25-15-7-24-27(3)9-15/h4-9H,10-14H2,1-3H3,(H,23,25,26)/t20-,21+. The van der Waals surface area contributed by atoms with Crippen LogP contribution in [0.3, 0.4) is 0 Å². The molecule has 0 bridgehead atoms. The Balaban J connectivity index is 1.34. The van der Waals surface area contributed by atoms with Crippen LogP contribution in [0.5, 0.6) is 0 Å². The quantitative estimate of drug-likeness (QED) is 0.667. The van der Waals surface area contributed by atoms with E-state index in [0.717, 1.165) is 50.0 Å². The Labute approximate surface area is 180 Å². The van der Waals surface area contributed by atoms with Crippen molar-refractivity contribution in [3.05, 3.63) is 47.8 Å². The van der Waals surface area contributed by atoms with Crippen LogP contribution in [0.4, 0.5) is 17.5 Å². The molecule has 9 heteroatoms. The highest BCUT2D eigenvalue weighted by molar-refractivity contribution is 6.32. The highest BCUT2D eigenvalue weighted by Crippen LogP contribution is 2.53. The van der Waals surface area contributed by atoms with E-state index in [9.17, 15) is 0 Å². The summed E-state index contributed by atoms with van der Waals surface area (Å²) in [5.74, 6) is 2.32. The monoisotopic (exact) mass is 427 g/mol. The number of aryl methyl sites for hydroxylation is 1. The largest absolute Gasteiger partial charge is 0.468 e. The third kappa shape index (κ3) is 3.33. The van der Waals surface area contributed by atoms with Gasteiger partial charge in [-0.3, -0.25) is 9.58 Å². The van der Waals surface area contributed by atoms with Crippen molar-refractivity contribution in [1.29, 1.82) is 0 Å². The number of hydrogen-bond acceptors (Lipinski definition) is 7. The van der Waals surface area contributed by atoms with Crippen molar-refractivity contribution in [1.82, 2.24) is 24.6 Å².